The Kier molecular flexibility index (Phi) is 10.9. The molecule has 0 radical (unpaired) electrons. The maximum absolute atomic E-state index is 12.9. The molecular weight excluding hydrogens is 543 g/mol. The van der Waals surface area contributed by atoms with Gasteiger partial charge in [-0.05, 0) is 18.6 Å². The van der Waals surface area contributed by atoms with Gasteiger partial charge in [0.05, 0.1) is 19.3 Å². The van der Waals surface area contributed by atoms with Crippen molar-refractivity contribution in [2.24, 2.45) is 4.99 Å². The molecule has 10 heteroatoms. The number of nitrogens with zero attached hydrogens (tertiary/aromatic N) is 3. The Hall–Kier alpha value is -2.89. The van der Waals surface area contributed by atoms with Crippen LogP contribution in [-0.2, 0) is 19.6 Å². The normalized spacial score (nSPS) is 11.1. The first-order valence-electron chi connectivity index (χ1n) is 10.3. The van der Waals surface area contributed by atoms with Crippen molar-refractivity contribution in [1.29, 1.82) is 0 Å². The van der Waals surface area contributed by atoms with Crippen LogP contribution in [0, 0.1) is 0 Å². The Bertz CT molecular complexity index is 1020. The van der Waals surface area contributed by atoms with Crippen LogP contribution in [0.2, 0.25) is 0 Å². The van der Waals surface area contributed by atoms with E-state index in [0.717, 1.165) is 5.56 Å². The Labute approximate surface area is 209 Å². The summed E-state index contributed by atoms with van der Waals surface area (Å²) in [7, 11) is 1.64. The van der Waals surface area contributed by atoms with E-state index in [4.69, 9.17) is 9.47 Å². The number of ether oxygens (including phenoxy) is 2. The van der Waals surface area contributed by atoms with Gasteiger partial charge >= 0.3 is 6.61 Å². The minimum absolute atomic E-state index is 0. The van der Waals surface area contributed by atoms with Crippen LogP contribution >= 0.6 is 24.0 Å². The predicted molar refractivity (Wildman–Crippen MR) is 134 cm³/mol. The first-order valence-corrected chi connectivity index (χ1v) is 10.3. The Balaban J connectivity index is 0.00000385. The number of guanidine groups is 1. The van der Waals surface area contributed by atoms with Crippen LogP contribution in [0.25, 0.3) is 0 Å². The van der Waals surface area contributed by atoms with Crippen molar-refractivity contribution in [2.75, 3.05) is 13.7 Å². The molecule has 0 bridgehead atoms. The lowest BCUT2D eigenvalue weighted by Gasteiger charge is -2.17. The number of hydrogen-bond acceptors (Lipinski definition) is 4. The van der Waals surface area contributed by atoms with Gasteiger partial charge in [0.2, 0.25) is 0 Å². The van der Waals surface area contributed by atoms with Gasteiger partial charge in [-0.1, -0.05) is 42.5 Å². The van der Waals surface area contributed by atoms with Gasteiger partial charge in [0.1, 0.15) is 0 Å². The number of para-hydroxylation sites is 1. The molecule has 1 heterocycles. The number of nitrogens with one attached hydrogen (secondary N) is 2. The van der Waals surface area contributed by atoms with Gasteiger partial charge in [-0.25, -0.2) is 0 Å². The standard InChI is InChI=1S/C23H27F2N5O2.HI/c1-3-31-20-11-7-10-19(21(20)32-22(24)25)14-28-23(26-2)27-12-18-13-29-30(16-18)15-17-8-5-4-6-9-17;/h4-11,13,16,22H,3,12,14-15H2,1-2H3,(H2,26,27,28);1H. The van der Waals surface area contributed by atoms with Crippen molar-refractivity contribution >= 4 is 29.9 Å². The van der Waals surface area contributed by atoms with E-state index in [-0.39, 0.29) is 42.0 Å². The smallest absolute Gasteiger partial charge is 0.387 e. The van der Waals surface area contributed by atoms with E-state index in [0.29, 0.717) is 31.2 Å². The molecule has 0 unspecified atom stereocenters. The van der Waals surface area contributed by atoms with Crippen LogP contribution in [0.3, 0.4) is 0 Å². The van der Waals surface area contributed by atoms with E-state index in [1.165, 1.54) is 5.56 Å². The molecule has 33 heavy (non-hydrogen) atoms. The zero-order chi connectivity index (χ0) is 22.8. The molecule has 2 aromatic carbocycles. The summed E-state index contributed by atoms with van der Waals surface area (Å²) < 4.78 is 37.8. The van der Waals surface area contributed by atoms with Gasteiger partial charge in [-0.15, -0.1) is 24.0 Å². The summed E-state index contributed by atoms with van der Waals surface area (Å²) >= 11 is 0. The Morgan fingerprint density at radius 2 is 1.82 bits per heavy atom. The van der Waals surface area contributed by atoms with Crippen molar-refractivity contribution in [3.8, 4) is 11.5 Å². The van der Waals surface area contributed by atoms with Crippen LogP contribution in [0.1, 0.15) is 23.6 Å². The Morgan fingerprint density at radius 1 is 1.06 bits per heavy atom. The monoisotopic (exact) mass is 571 g/mol. The van der Waals surface area contributed by atoms with Crippen molar-refractivity contribution in [2.45, 2.75) is 33.2 Å². The second-order valence-electron chi connectivity index (χ2n) is 6.87. The van der Waals surface area contributed by atoms with E-state index >= 15 is 0 Å². The van der Waals surface area contributed by atoms with Crippen LogP contribution in [-0.4, -0.2) is 36.0 Å². The highest BCUT2D eigenvalue weighted by atomic mass is 127. The van der Waals surface area contributed by atoms with Crippen LogP contribution in [0.4, 0.5) is 8.78 Å². The summed E-state index contributed by atoms with van der Waals surface area (Å²) in [6.45, 7) is 0.614. The van der Waals surface area contributed by atoms with Crippen LogP contribution in [0.15, 0.2) is 65.9 Å². The average Bonchev–Trinajstić information content (AvgIpc) is 3.23. The zero-order valence-electron chi connectivity index (χ0n) is 18.5. The van der Waals surface area contributed by atoms with Gasteiger partial charge in [0, 0.05) is 37.5 Å². The fourth-order valence-electron chi connectivity index (χ4n) is 3.13. The van der Waals surface area contributed by atoms with Gasteiger partial charge in [0.25, 0.3) is 0 Å². The summed E-state index contributed by atoms with van der Waals surface area (Å²) in [4.78, 5) is 4.19. The summed E-state index contributed by atoms with van der Waals surface area (Å²) in [5.74, 6) is 0.820. The number of rotatable bonds is 10. The molecule has 3 aromatic rings. The fourth-order valence-corrected chi connectivity index (χ4v) is 3.13. The predicted octanol–water partition coefficient (Wildman–Crippen LogP) is 4.41. The molecule has 0 aliphatic carbocycles. The van der Waals surface area contributed by atoms with E-state index in [1.54, 1.807) is 38.4 Å². The summed E-state index contributed by atoms with van der Waals surface area (Å²) in [6, 6.07) is 15.1. The first kappa shape index (κ1) is 26.4. The quantitative estimate of drug-likeness (QED) is 0.214. The molecule has 0 saturated heterocycles. The third-order valence-electron chi connectivity index (χ3n) is 4.57. The molecule has 1 aromatic heterocycles. The molecule has 3 rings (SSSR count). The minimum atomic E-state index is -2.94. The van der Waals surface area contributed by atoms with Gasteiger partial charge in [-0.3, -0.25) is 9.67 Å². The van der Waals surface area contributed by atoms with Crippen molar-refractivity contribution in [1.82, 2.24) is 20.4 Å². The summed E-state index contributed by atoms with van der Waals surface area (Å²) in [5.41, 5.74) is 2.70. The maximum atomic E-state index is 12.9. The molecule has 7 nitrogen and oxygen atoms in total. The highest BCUT2D eigenvalue weighted by molar-refractivity contribution is 14.0. The minimum Gasteiger partial charge on any atom is -0.490 e. The van der Waals surface area contributed by atoms with Gasteiger partial charge < -0.3 is 20.1 Å². The molecule has 0 saturated carbocycles. The summed E-state index contributed by atoms with van der Waals surface area (Å²) in [6.07, 6.45) is 3.76. The second kappa shape index (κ2) is 13.6. The van der Waals surface area contributed by atoms with E-state index in [9.17, 15) is 8.78 Å². The van der Waals surface area contributed by atoms with E-state index < -0.39 is 6.61 Å². The third kappa shape index (κ3) is 8.19. The third-order valence-corrected chi connectivity index (χ3v) is 4.57. The number of hydrogen-bond donors (Lipinski definition) is 2. The first-order chi connectivity index (χ1) is 15.6. The number of halogens is 3. The zero-order valence-corrected chi connectivity index (χ0v) is 20.8. The van der Waals surface area contributed by atoms with Gasteiger partial charge in [-0.2, -0.15) is 13.9 Å². The fraction of sp³-hybridized carbons (Fsp3) is 0.304. The van der Waals surface area contributed by atoms with E-state index in [2.05, 4.69) is 32.9 Å². The van der Waals surface area contributed by atoms with Crippen molar-refractivity contribution in [3.63, 3.8) is 0 Å². The maximum Gasteiger partial charge on any atom is 0.387 e. The number of aliphatic imine (C=N–C) groups is 1. The Morgan fingerprint density at radius 3 is 2.52 bits per heavy atom. The highest BCUT2D eigenvalue weighted by Gasteiger charge is 2.16. The van der Waals surface area contributed by atoms with Crippen molar-refractivity contribution < 1.29 is 18.3 Å². The van der Waals surface area contributed by atoms with E-state index in [1.807, 2.05) is 29.1 Å². The molecule has 2 N–H and O–H groups in total. The van der Waals surface area contributed by atoms with Crippen LogP contribution < -0.4 is 20.1 Å². The van der Waals surface area contributed by atoms with Crippen molar-refractivity contribution in [3.05, 3.63) is 77.6 Å². The molecular formula is C23H28F2IN5O2. The molecule has 178 valence electrons. The molecule has 0 aliphatic heterocycles. The SMILES string of the molecule is CCOc1cccc(CNC(=NC)NCc2cnn(Cc3ccccc3)c2)c1OC(F)F.I. The lowest BCUT2D eigenvalue weighted by molar-refractivity contribution is -0.0520. The number of aromatic nitrogens is 2. The average molecular weight is 571 g/mol. The molecule has 0 fully saturated rings. The highest BCUT2D eigenvalue weighted by Crippen LogP contribution is 2.32. The number of benzene rings is 2. The molecule has 0 atom stereocenters. The lowest BCUT2D eigenvalue weighted by Crippen LogP contribution is -2.36. The van der Waals surface area contributed by atoms with Crippen LogP contribution in [0.5, 0.6) is 11.5 Å². The second-order valence-corrected chi connectivity index (χ2v) is 6.87. The molecule has 0 spiro atoms. The number of alkyl halides is 2. The topological polar surface area (TPSA) is 72.7 Å². The largest absolute Gasteiger partial charge is 0.490 e. The molecule has 0 amide bonds. The lowest BCUT2D eigenvalue weighted by atomic mass is 10.2. The van der Waals surface area contributed by atoms with Gasteiger partial charge in [0.15, 0.2) is 17.5 Å². The summed E-state index contributed by atoms with van der Waals surface area (Å²) in [5, 5.41) is 10.7. The molecule has 0 aliphatic rings.